The molecule has 0 unspecified atom stereocenters. The van der Waals surface area contributed by atoms with E-state index >= 15 is 0 Å². The van der Waals surface area contributed by atoms with Crippen LogP contribution in [0.25, 0.3) is 11.3 Å². The van der Waals surface area contributed by atoms with Crippen molar-refractivity contribution in [2.24, 2.45) is 12.0 Å². The number of nitrogens with zero attached hydrogens (tertiary/aromatic N) is 3. The van der Waals surface area contributed by atoms with E-state index in [9.17, 15) is 30.5 Å². The summed E-state index contributed by atoms with van der Waals surface area (Å²) >= 11 is 0.833. The van der Waals surface area contributed by atoms with Gasteiger partial charge in [0.2, 0.25) is 0 Å². The third kappa shape index (κ3) is 4.12. The van der Waals surface area contributed by atoms with Crippen LogP contribution in [-0.2, 0) is 26.9 Å². The number of fused-ring (bicyclic) bond motifs is 1. The molecule has 2 aliphatic heterocycles. The molecule has 0 bridgehead atoms. The van der Waals surface area contributed by atoms with E-state index in [4.69, 9.17) is 9.47 Å². The molecule has 4 N–H and O–H groups in total. The fraction of sp³-hybridized carbons (Fsp3) is 0.409. The minimum Gasteiger partial charge on any atom is -0.479 e. The fourth-order valence-electron chi connectivity index (χ4n) is 3.88. The quantitative estimate of drug-likeness (QED) is 0.518. The number of carboxylic acids is 1. The van der Waals surface area contributed by atoms with Gasteiger partial charge < -0.3 is 34.5 Å². The molecule has 5 atom stereocenters. The van der Waals surface area contributed by atoms with E-state index in [1.165, 1.54) is 0 Å². The van der Waals surface area contributed by atoms with Gasteiger partial charge >= 0.3 is 5.97 Å². The van der Waals surface area contributed by atoms with Crippen LogP contribution in [0.2, 0.25) is 0 Å². The lowest BCUT2D eigenvalue weighted by molar-refractivity contribution is -0.209. The molecule has 1 aromatic carbocycles. The van der Waals surface area contributed by atoms with Gasteiger partial charge in [-0.25, -0.2) is 9.79 Å². The molecule has 174 valence electrons. The maximum Gasteiger partial charge on any atom is 0.335 e. The van der Waals surface area contributed by atoms with Crippen molar-refractivity contribution in [1.82, 2.24) is 4.57 Å². The SMILES string of the molecule is Cn1c(C#N)ccc1-c1ccc2c(c1)C(C)(C)OC(S[C@@H]1O[C@H](C(=O)O)[C@@H](O)[C@H](O)[C@H]1O)=N2. The van der Waals surface area contributed by atoms with E-state index < -0.39 is 41.4 Å². The highest BCUT2D eigenvalue weighted by molar-refractivity contribution is 8.14. The summed E-state index contributed by atoms with van der Waals surface area (Å²) in [4.78, 5) is 15.8. The number of aliphatic hydroxyl groups excluding tert-OH is 3. The molecule has 4 rings (SSSR count). The van der Waals surface area contributed by atoms with Crippen molar-refractivity contribution >= 4 is 28.6 Å². The van der Waals surface area contributed by atoms with Crippen molar-refractivity contribution in [3.63, 3.8) is 0 Å². The van der Waals surface area contributed by atoms with E-state index in [0.717, 1.165) is 28.6 Å². The number of aliphatic imine (C=N–C) groups is 1. The van der Waals surface area contributed by atoms with Gasteiger partial charge in [-0.2, -0.15) is 5.26 Å². The van der Waals surface area contributed by atoms with Crippen molar-refractivity contribution in [2.75, 3.05) is 0 Å². The Morgan fingerprint density at radius 2 is 1.91 bits per heavy atom. The van der Waals surface area contributed by atoms with E-state index in [0.29, 0.717) is 11.4 Å². The molecule has 0 radical (unpaired) electrons. The zero-order valence-electron chi connectivity index (χ0n) is 18.0. The number of hydrogen-bond acceptors (Lipinski definition) is 9. The number of thioether (sulfide) groups is 1. The normalized spacial score (nSPS) is 28.3. The molecular formula is C22H23N3O7S. The van der Waals surface area contributed by atoms with Crippen molar-refractivity contribution in [2.45, 2.75) is 49.3 Å². The Morgan fingerprint density at radius 3 is 2.55 bits per heavy atom. The van der Waals surface area contributed by atoms with E-state index in [1.807, 2.05) is 45.2 Å². The van der Waals surface area contributed by atoms with Gasteiger partial charge in [-0.1, -0.05) is 6.07 Å². The second-order valence-corrected chi connectivity index (χ2v) is 9.40. The molecule has 1 fully saturated rings. The first-order chi connectivity index (χ1) is 15.5. The van der Waals surface area contributed by atoms with Crippen LogP contribution in [0.5, 0.6) is 0 Å². The van der Waals surface area contributed by atoms with Crippen LogP contribution in [0.3, 0.4) is 0 Å². The van der Waals surface area contributed by atoms with E-state index in [1.54, 1.807) is 10.6 Å². The highest BCUT2D eigenvalue weighted by atomic mass is 32.2. The summed E-state index contributed by atoms with van der Waals surface area (Å²) in [6.07, 6.45) is -6.71. The molecule has 33 heavy (non-hydrogen) atoms. The van der Waals surface area contributed by atoms with Crippen LogP contribution in [0.4, 0.5) is 5.69 Å². The second-order valence-electron chi connectivity index (χ2n) is 8.35. The number of nitriles is 1. The summed E-state index contributed by atoms with van der Waals surface area (Å²) in [6, 6.07) is 11.4. The Labute approximate surface area is 193 Å². The lowest BCUT2D eigenvalue weighted by Gasteiger charge is -2.39. The molecule has 10 nitrogen and oxygen atoms in total. The number of aliphatic carboxylic acids is 1. The fourth-order valence-corrected chi connectivity index (χ4v) is 4.96. The molecular weight excluding hydrogens is 450 g/mol. The zero-order valence-corrected chi connectivity index (χ0v) is 18.9. The summed E-state index contributed by atoms with van der Waals surface area (Å²) in [5, 5.41) is 48.8. The first-order valence-corrected chi connectivity index (χ1v) is 11.0. The Morgan fingerprint density at radius 1 is 1.18 bits per heavy atom. The maximum atomic E-state index is 11.3. The second kappa shape index (κ2) is 8.48. The lowest BCUT2D eigenvalue weighted by atomic mass is 9.93. The van der Waals surface area contributed by atoms with Gasteiger partial charge in [-0.3, -0.25) is 0 Å². The van der Waals surface area contributed by atoms with Gasteiger partial charge in [0.05, 0.1) is 5.69 Å². The van der Waals surface area contributed by atoms with Crippen molar-refractivity contribution < 1.29 is 34.7 Å². The standard InChI is InChI=1S/C22H23N3O7S/c1-22(2)12-8-10(14-7-5-11(9-23)25(14)3)4-6-13(12)24-21(32-22)33-20-17(28)15(26)16(27)18(31-20)19(29)30/h4-8,15-18,20,26-28H,1-3H3,(H,29,30)/t15-,16-,17+,18-,20-/m0/s1. The Bertz CT molecular complexity index is 1170. The number of carboxylic acid groups (broad SMARTS) is 1. The Balaban J connectivity index is 1.63. The van der Waals surface area contributed by atoms with Gasteiger partial charge in [0.1, 0.15) is 41.1 Å². The molecule has 3 heterocycles. The first kappa shape index (κ1) is 23.3. The van der Waals surface area contributed by atoms with Gasteiger partial charge in [-0.15, -0.1) is 0 Å². The number of benzene rings is 1. The van der Waals surface area contributed by atoms with Crippen LogP contribution >= 0.6 is 11.8 Å². The number of carbonyl (C=O) groups is 1. The van der Waals surface area contributed by atoms with Crippen molar-refractivity contribution in [3.8, 4) is 17.3 Å². The zero-order chi connectivity index (χ0) is 24.1. The van der Waals surface area contributed by atoms with Gasteiger partial charge in [0.15, 0.2) is 6.10 Å². The highest BCUT2D eigenvalue weighted by Gasteiger charge is 2.48. The summed E-state index contributed by atoms with van der Waals surface area (Å²) in [5.41, 5.74) is 1.65. The van der Waals surface area contributed by atoms with E-state index in [-0.39, 0.29) is 5.23 Å². The Hall–Kier alpha value is -2.88. The molecule has 1 aromatic heterocycles. The Kier molecular flexibility index (Phi) is 5.98. The number of aliphatic hydroxyl groups is 3. The minimum absolute atomic E-state index is 0.127. The van der Waals surface area contributed by atoms with Gasteiger partial charge in [-0.05, 0) is 55.4 Å². The molecule has 0 amide bonds. The van der Waals surface area contributed by atoms with E-state index in [2.05, 4.69) is 11.1 Å². The summed E-state index contributed by atoms with van der Waals surface area (Å²) < 4.78 is 13.1. The monoisotopic (exact) mass is 473 g/mol. The van der Waals surface area contributed by atoms with Gasteiger partial charge in [0, 0.05) is 18.3 Å². The molecule has 0 saturated carbocycles. The third-order valence-electron chi connectivity index (χ3n) is 5.76. The van der Waals surface area contributed by atoms with Crippen molar-refractivity contribution in [3.05, 3.63) is 41.6 Å². The predicted molar refractivity (Wildman–Crippen MR) is 119 cm³/mol. The molecule has 2 aromatic rings. The van der Waals surface area contributed by atoms with Crippen LogP contribution in [0.15, 0.2) is 35.3 Å². The van der Waals surface area contributed by atoms with Gasteiger partial charge in [0.25, 0.3) is 5.23 Å². The summed E-state index contributed by atoms with van der Waals surface area (Å²) in [5.74, 6) is -1.45. The molecule has 2 aliphatic rings. The molecule has 11 heteroatoms. The minimum atomic E-state index is -1.77. The smallest absolute Gasteiger partial charge is 0.335 e. The largest absolute Gasteiger partial charge is 0.479 e. The number of aromatic nitrogens is 1. The molecule has 0 spiro atoms. The van der Waals surface area contributed by atoms with Crippen molar-refractivity contribution in [1.29, 1.82) is 5.26 Å². The molecule has 1 saturated heterocycles. The first-order valence-electron chi connectivity index (χ1n) is 10.1. The van der Waals surface area contributed by atoms with Crippen LogP contribution in [0, 0.1) is 11.3 Å². The maximum absolute atomic E-state index is 11.3. The average Bonchev–Trinajstić information content (AvgIpc) is 3.13. The topological polar surface area (TPSA) is 158 Å². The number of ether oxygens (including phenoxy) is 2. The average molecular weight is 474 g/mol. The molecule has 0 aliphatic carbocycles. The van der Waals surface area contributed by atoms with Crippen LogP contribution in [0.1, 0.15) is 25.1 Å². The number of rotatable bonds is 3. The number of hydrogen-bond donors (Lipinski definition) is 4. The summed E-state index contributed by atoms with van der Waals surface area (Å²) in [6.45, 7) is 3.68. The predicted octanol–water partition coefficient (Wildman–Crippen LogP) is 1.44. The highest BCUT2D eigenvalue weighted by Crippen LogP contribution is 2.43. The summed E-state index contributed by atoms with van der Waals surface area (Å²) in [7, 11) is 1.81. The van der Waals surface area contributed by atoms with Crippen LogP contribution in [-0.4, -0.2) is 66.0 Å². The van der Waals surface area contributed by atoms with Crippen LogP contribution < -0.4 is 0 Å². The third-order valence-corrected chi connectivity index (χ3v) is 6.76. The lowest BCUT2D eigenvalue weighted by Crippen LogP contribution is -2.59.